The zero-order chi connectivity index (χ0) is 17.8. The van der Waals surface area contributed by atoms with Crippen molar-refractivity contribution in [2.24, 2.45) is 5.92 Å². The number of halogens is 1. The zero-order valence-electron chi connectivity index (χ0n) is 13.7. The molecule has 1 aliphatic heterocycles. The summed E-state index contributed by atoms with van der Waals surface area (Å²) in [4.78, 5) is 30.2. The standard InChI is InChI=1S/C18H18ClN3O3/c1-25-14-6-4-12(5-7-14)10-22-11-13(9-16(22)23)18(24)21-15-3-2-8-20-17(15)19/h2-8,13H,9-11H2,1H3,(H,21,24). The summed E-state index contributed by atoms with van der Waals surface area (Å²) in [5, 5.41) is 2.98. The molecule has 1 aliphatic rings. The largest absolute Gasteiger partial charge is 0.497 e. The topological polar surface area (TPSA) is 71.5 Å². The van der Waals surface area contributed by atoms with Gasteiger partial charge in [0.05, 0.1) is 18.7 Å². The van der Waals surface area contributed by atoms with Crippen LogP contribution in [0.5, 0.6) is 5.75 Å². The molecule has 2 amide bonds. The van der Waals surface area contributed by atoms with Gasteiger partial charge in [0.2, 0.25) is 11.8 Å². The number of carbonyl (C=O) groups is 2. The Bertz CT molecular complexity index is 779. The Labute approximate surface area is 150 Å². The van der Waals surface area contributed by atoms with Crippen LogP contribution in [0.3, 0.4) is 0 Å². The van der Waals surface area contributed by atoms with Crippen LogP contribution in [0.2, 0.25) is 5.15 Å². The fourth-order valence-electron chi connectivity index (χ4n) is 2.77. The lowest BCUT2D eigenvalue weighted by Crippen LogP contribution is -2.28. The molecule has 2 heterocycles. The van der Waals surface area contributed by atoms with E-state index in [0.29, 0.717) is 18.8 Å². The Hall–Kier alpha value is -2.60. The molecule has 2 aromatic rings. The van der Waals surface area contributed by atoms with Crippen molar-refractivity contribution < 1.29 is 14.3 Å². The van der Waals surface area contributed by atoms with Gasteiger partial charge in [-0.05, 0) is 29.8 Å². The first kappa shape index (κ1) is 17.2. The van der Waals surface area contributed by atoms with Crippen LogP contribution in [0.4, 0.5) is 5.69 Å². The van der Waals surface area contributed by atoms with E-state index in [1.807, 2.05) is 24.3 Å². The smallest absolute Gasteiger partial charge is 0.229 e. The number of amides is 2. The van der Waals surface area contributed by atoms with E-state index in [2.05, 4.69) is 10.3 Å². The van der Waals surface area contributed by atoms with Crippen LogP contribution in [-0.4, -0.2) is 35.4 Å². The predicted octanol–water partition coefficient (Wildman–Crippen LogP) is 2.73. The van der Waals surface area contributed by atoms with Gasteiger partial charge in [0.1, 0.15) is 5.75 Å². The molecule has 1 aromatic heterocycles. The molecule has 1 fully saturated rings. The van der Waals surface area contributed by atoms with Gasteiger partial charge >= 0.3 is 0 Å². The number of anilines is 1. The van der Waals surface area contributed by atoms with E-state index < -0.39 is 5.92 Å². The number of nitrogens with zero attached hydrogens (tertiary/aromatic N) is 2. The summed E-state index contributed by atoms with van der Waals surface area (Å²) in [5.74, 6) is 0.109. The minimum Gasteiger partial charge on any atom is -0.497 e. The van der Waals surface area contributed by atoms with Crippen molar-refractivity contribution in [3.8, 4) is 5.75 Å². The fourth-order valence-corrected chi connectivity index (χ4v) is 2.93. The van der Waals surface area contributed by atoms with Gasteiger partial charge in [-0.15, -0.1) is 0 Å². The summed E-state index contributed by atoms with van der Waals surface area (Å²) in [6, 6.07) is 10.9. The first-order valence-electron chi connectivity index (χ1n) is 7.89. The number of ether oxygens (including phenoxy) is 1. The maximum absolute atomic E-state index is 12.4. The lowest BCUT2D eigenvalue weighted by Gasteiger charge is -2.17. The van der Waals surface area contributed by atoms with Crippen LogP contribution < -0.4 is 10.1 Å². The van der Waals surface area contributed by atoms with Crippen LogP contribution >= 0.6 is 11.6 Å². The van der Waals surface area contributed by atoms with E-state index in [9.17, 15) is 9.59 Å². The lowest BCUT2D eigenvalue weighted by atomic mass is 10.1. The van der Waals surface area contributed by atoms with Gasteiger partial charge in [0.15, 0.2) is 5.15 Å². The van der Waals surface area contributed by atoms with Gasteiger partial charge in [-0.2, -0.15) is 0 Å². The number of pyridine rings is 1. The van der Waals surface area contributed by atoms with Gasteiger partial charge < -0.3 is 15.0 Å². The monoisotopic (exact) mass is 359 g/mol. The number of methoxy groups -OCH3 is 1. The van der Waals surface area contributed by atoms with Gasteiger partial charge in [0, 0.05) is 25.7 Å². The summed E-state index contributed by atoms with van der Waals surface area (Å²) >= 11 is 5.95. The van der Waals surface area contributed by atoms with Crippen molar-refractivity contribution >= 4 is 29.1 Å². The van der Waals surface area contributed by atoms with E-state index in [-0.39, 0.29) is 23.4 Å². The minimum absolute atomic E-state index is 0.0340. The van der Waals surface area contributed by atoms with Crippen molar-refractivity contribution in [2.75, 3.05) is 19.0 Å². The van der Waals surface area contributed by atoms with E-state index >= 15 is 0 Å². The molecular formula is C18H18ClN3O3. The number of benzene rings is 1. The van der Waals surface area contributed by atoms with Crippen LogP contribution in [0.1, 0.15) is 12.0 Å². The van der Waals surface area contributed by atoms with Crippen LogP contribution in [0.25, 0.3) is 0 Å². The highest BCUT2D eigenvalue weighted by molar-refractivity contribution is 6.32. The molecule has 0 radical (unpaired) electrons. The van der Waals surface area contributed by atoms with Gasteiger partial charge in [-0.25, -0.2) is 4.98 Å². The van der Waals surface area contributed by atoms with Gasteiger partial charge in [-0.3, -0.25) is 9.59 Å². The molecule has 6 nitrogen and oxygen atoms in total. The van der Waals surface area contributed by atoms with E-state index in [1.54, 1.807) is 30.3 Å². The third-order valence-electron chi connectivity index (χ3n) is 4.13. The summed E-state index contributed by atoms with van der Waals surface area (Å²) in [5.41, 5.74) is 1.45. The summed E-state index contributed by atoms with van der Waals surface area (Å²) < 4.78 is 5.13. The number of aromatic nitrogens is 1. The normalized spacial score (nSPS) is 16.8. The molecule has 0 saturated carbocycles. The molecule has 1 saturated heterocycles. The van der Waals surface area contributed by atoms with Crippen molar-refractivity contribution in [2.45, 2.75) is 13.0 Å². The molecule has 1 atom stereocenters. The Morgan fingerprint density at radius 3 is 2.80 bits per heavy atom. The molecule has 3 rings (SSSR count). The molecule has 7 heteroatoms. The number of hydrogen-bond donors (Lipinski definition) is 1. The highest BCUT2D eigenvalue weighted by Gasteiger charge is 2.34. The molecule has 0 bridgehead atoms. The predicted molar refractivity (Wildman–Crippen MR) is 94.4 cm³/mol. The number of rotatable bonds is 5. The van der Waals surface area contributed by atoms with E-state index in [0.717, 1.165) is 11.3 Å². The molecule has 0 spiro atoms. The van der Waals surface area contributed by atoms with Crippen molar-refractivity contribution in [1.29, 1.82) is 0 Å². The Morgan fingerprint density at radius 1 is 1.36 bits per heavy atom. The summed E-state index contributed by atoms with van der Waals surface area (Å²) in [6.07, 6.45) is 1.74. The second-order valence-corrected chi connectivity index (χ2v) is 6.21. The minimum atomic E-state index is -0.401. The quantitative estimate of drug-likeness (QED) is 0.833. The molecule has 25 heavy (non-hydrogen) atoms. The maximum Gasteiger partial charge on any atom is 0.229 e. The lowest BCUT2D eigenvalue weighted by molar-refractivity contribution is -0.128. The zero-order valence-corrected chi connectivity index (χ0v) is 14.5. The third-order valence-corrected chi connectivity index (χ3v) is 4.44. The van der Waals surface area contributed by atoms with Crippen molar-refractivity contribution in [3.63, 3.8) is 0 Å². The van der Waals surface area contributed by atoms with E-state index in [4.69, 9.17) is 16.3 Å². The third kappa shape index (κ3) is 4.09. The highest BCUT2D eigenvalue weighted by Crippen LogP contribution is 2.24. The Balaban J connectivity index is 1.61. The molecule has 130 valence electrons. The van der Waals surface area contributed by atoms with Gasteiger partial charge in [0.25, 0.3) is 0 Å². The molecule has 1 aromatic carbocycles. The second-order valence-electron chi connectivity index (χ2n) is 5.85. The Morgan fingerprint density at radius 2 is 2.12 bits per heavy atom. The summed E-state index contributed by atoms with van der Waals surface area (Å²) in [7, 11) is 1.61. The number of nitrogens with one attached hydrogen (secondary N) is 1. The first-order valence-corrected chi connectivity index (χ1v) is 8.26. The molecule has 1 N–H and O–H groups in total. The molecule has 1 unspecified atom stereocenters. The average Bonchev–Trinajstić information content (AvgIpc) is 2.98. The Kier molecular flexibility index (Phi) is 5.19. The van der Waals surface area contributed by atoms with E-state index in [1.165, 1.54) is 0 Å². The van der Waals surface area contributed by atoms with Crippen molar-refractivity contribution in [1.82, 2.24) is 9.88 Å². The van der Waals surface area contributed by atoms with Crippen LogP contribution in [0, 0.1) is 5.92 Å². The number of likely N-dealkylation sites (tertiary alicyclic amines) is 1. The van der Waals surface area contributed by atoms with Crippen LogP contribution in [0.15, 0.2) is 42.6 Å². The van der Waals surface area contributed by atoms with Gasteiger partial charge in [-0.1, -0.05) is 23.7 Å². The fraction of sp³-hybridized carbons (Fsp3) is 0.278. The molecule has 0 aliphatic carbocycles. The summed E-state index contributed by atoms with van der Waals surface area (Å²) in [6.45, 7) is 0.856. The second kappa shape index (κ2) is 7.53. The van der Waals surface area contributed by atoms with Crippen LogP contribution in [-0.2, 0) is 16.1 Å². The number of carbonyl (C=O) groups excluding carboxylic acids is 2. The average molecular weight is 360 g/mol. The number of hydrogen-bond acceptors (Lipinski definition) is 4. The van der Waals surface area contributed by atoms with Crippen molar-refractivity contribution in [3.05, 3.63) is 53.3 Å². The first-order chi connectivity index (χ1) is 12.1. The highest BCUT2D eigenvalue weighted by atomic mass is 35.5. The molecular weight excluding hydrogens is 342 g/mol. The maximum atomic E-state index is 12.4. The SMILES string of the molecule is COc1ccc(CN2CC(C(=O)Nc3cccnc3Cl)CC2=O)cc1.